The summed E-state index contributed by atoms with van der Waals surface area (Å²) in [5.41, 5.74) is 1.06. The third kappa shape index (κ3) is 3.49. The van der Waals surface area contributed by atoms with E-state index >= 15 is 0 Å². The second-order valence-electron chi connectivity index (χ2n) is 8.71. The van der Waals surface area contributed by atoms with Gasteiger partial charge in [0.1, 0.15) is 17.7 Å². The lowest BCUT2D eigenvalue weighted by Gasteiger charge is -2.35. The highest BCUT2D eigenvalue weighted by atomic mass is 16.7. The highest BCUT2D eigenvalue weighted by Crippen LogP contribution is 2.41. The van der Waals surface area contributed by atoms with Crippen LogP contribution in [0.25, 0.3) is 0 Å². The van der Waals surface area contributed by atoms with E-state index in [9.17, 15) is 5.11 Å². The first-order valence-corrected chi connectivity index (χ1v) is 10.5. The average Bonchev–Trinajstić information content (AvgIpc) is 3.34. The molecule has 0 unspecified atom stereocenters. The van der Waals surface area contributed by atoms with Crippen LogP contribution in [0.2, 0.25) is 0 Å². The van der Waals surface area contributed by atoms with Crippen LogP contribution in [-0.4, -0.2) is 61.3 Å². The molecule has 2 aromatic rings. The number of fused-ring (bicyclic) bond motifs is 2. The minimum atomic E-state index is -0.493. The molecule has 8 nitrogen and oxygen atoms in total. The number of aromatic nitrogens is 2. The summed E-state index contributed by atoms with van der Waals surface area (Å²) >= 11 is 0. The summed E-state index contributed by atoms with van der Waals surface area (Å²) in [4.78, 5) is 13.6. The number of aryl methyl sites for hydroxylation is 1. The molecule has 8 heteroatoms. The van der Waals surface area contributed by atoms with Gasteiger partial charge >= 0.3 is 0 Å². The Balaban J connectivity index is 1.28. The van der Waals surface area contributed by atoms with Gasteiger partial charge in [-0.3, -0.25) is 0 Å². The molecular formula is C22H28N4O4. The van der Waals surface area contributed by atoms with Crippen molar-refractivity contribution in [3.05, 3.63) is 30.0 Å². The Bertz CT molecular complexity index is 937. The fourth-order valence-electron chi connectivity index (χ4n) is 4.83. The first-order valence-electron chi connectivity index (χ1n) is 10.5. The Morgan fingerprint density at radius 1 is 1.13 bits per heavy atom. The largest absolute Gasteiger partial charge is 0.488 e. The summed E-state index contributed by atoms with van der Waals surface area (Å²) < 4.78 is 17.0. The van der Waals surface area contributed by atoms with Gasteiger partial charge in [-0.1, -0.05) is 0 Å². The van der Waals surface area contributed by atoms with Crippen molar-refractivity contribution in [2.24, 2.45) is 11.8 Å². The van der Waals surface area contributed by atoms with E-state index in [1.54, 1.807) is 0 Å². The molecule has 0 radical (unpaired) electrons. The molecule has 30 heavy (non-hydrogen) atoms. The lowest BCUT2D eigenvalue weighted by atomic mass is 9.78. The van der Waals surface area contributed by atoms with E-state index in [2.05, 4.69) is 9.88 Å². The Kier molecular flexibility index (Phi) is 4.81. The van der Waals surface area contributed by atoms with Crippen LogP contribution >= 0.6 is 0 Å². The molecule has 4 atom stereocenters. The van der Waals surface area contributed by atoms with Crippen molar-refractivity contribution >= 4 is 11.8 Å². The van der Waals surface area contributed by atoms with E-state index < -0.39 is 6.10 Å². The molecule has 1 saturated carbocycles. The number of ether oxygens (including phenoxy) is 3. The topological polar surface area (TPSA) is 80.2 Å². The van der Waals surface area contributed by atoms with E-state index in [1.807, 2.05) is 50.3 Å². The van der Waals surface area contributed by atoms with Gasteiger partial charge in [-0.2, -0.15) is 4.98 Å². The van der Waals surface area contributed by atoms with Gasteiger partial charge in [0.2, 0.25) is 12.7 Å². The first-order chi connectivity index (χ1) is 14.5. The van der Waals surface area contributed by atoms with Crippen LogP contribution in [0.4, 0.5) is 11.8 Å². The molecule has 1 N–H and O–H groups in total. The van der Waals surface area contributed by atoms with Gasteiger partial charge in [-0.25, -0.2) is 4.98 Å². The van der Waals surface area contributed by atoms with Gasteiger partial charge in [0.25, 0.3) is 0 Å². The van der Waals surface area contributed by atoms with Crippen LogP contribution in [0.15, 0.2) is 24.4 Å². The zero-order valence-electron chi connectivity index (χ0n) is 17.6. The molecule has 2 fully saturated rings. The zero-order chi connectivity index (χ0) is 20.8. The number of rotatable bonds is 4. The summed E-state index contributed by atoms with van der Waals surface area (Å²) in [6.45, 7) is 4.01. The summed E-state index contributed by atoms with van der Waals surface area (Å²) in [5, 5.41) is 10.7. The summed E-state index contributed by atoms with van der Waals surface area (Å²) in [6, 6.07) is 5.56. The van der Waals surface area contributed by atoms with E-state index in [4.69, 9.17) is 19.2 Å². The van der Waals surface area contributed by atoms with Gasteiger partial charge in [0.05, 0.1) is 6.10 Å². The lowest BCUT2D eigenvalue weighted by molar-refractivity contribution is -0.0232. The summed E-state index contributed by atoms with van der Waals surface area (Å²) in [6.07, 6.45) is 2.70. The average molecular weight is 412 g/mol. The van der Waals surface area contributed by atoms with Crippen LogP contribution in [0.1, 0.15) is 18.4 Å². The van der Waals surface area contributed by atoms with E-state index in [-0.39, 0.29) is 12.9 Å². The fourth-order valence-corrected chi connectivity index (χ4v) is 4.83. The van der Waals surface area contributed by atoms with Crippen LogP contribution < -0.4 is 24.0 Å². The maximum Gasteiger partial charge on any atom is 0.231 e. The summed E-state index contributed by atoms with van der Waals surface area (Å²) in [5.74, 6) is 4.70. The Morgan fingerprint density at radius 3 is 2.70 bits per heavy atom. The number of aliphatic hydroxyl groups excluding tert-OH is 1. The van der Waals surface area contributed by atoms with Gasteiger partial charge < -0.3 is 29.1 Å². The van der Waals surface area contributed by atoms with E-state index in [1.165, 1.54) is 0 Å². The highest BCUT2D eigenvalue weighted by molar-refractivity contribution is 5.49. The normalized spacial score (nSPS) is 27.1. The van der Waals surface area contributed by atoms with Crippen molar-refractivity contribution in [1.29, 1.82) is 0 Å². The van der Waals surface area contributed by atoms with E-state index in [0.29, 0.717) is 23.3 Å². The number of hydrogen-bond donors (Lipinski definition) is 1. The van der Waals surface area contributed by atoms with Crippen molar-refractivity contribution < 1.29 is 19.3 Å². The smallest absolute Gasteiger partial charge is 0.231 e. The molecule has 2 aliphatic heterocycles. The Morgan fingerprint density at radius 2 is 1.90 bits per heavy atom. The maximum absolute atomic E-state index is 10.7. The van der Waals surface area contributed by atoms with Crippen molar-refractivity contribution in [2.45, 2.75) is 32.0 Å². The second-order valence-corrected chi connectivity index (χ2v) is 8.71. The van der Waals surface area contributed by atoms with Crippen molar-refractivity contribution in [1.82, 2.24) is 9.97 Å². The molecule has 1 aromatic heterocycles. The van der Waals surface area contributed by atoms with Crippen LogP contribution in [0.3, 0.4) is 0 Å². The minimum absolute atomic E-state index is 0.233. The molecule has 0 amide bonds. The van der Waals surface area contributed by atoms with Gasteiger partial charge in [0, 0.05) is 45.0 Å². The standard InChI is InChI=1S/C22H28N4O4/c1-13-9-23-22(24-21(13)25(2)3)26-10-14-6-17(27)19(7-15(14)11-26)30-16-4-5-18-20(8-16)29-12-28-18/h4-5,8-9,14-15,17,19,27H,6-7,10-12H2,1-3H3/t14-,15+,17+,19+/m0/s1. The van der Waals surface area contributed by atoms with Crippen molar-refractivity contribution in [3.8, 4) is 17.2 Å². The predicted octanol–water partition coefficient (Wildman–Crippen LogP) is 2.23. The number of aliphatic hydroxyl groups is 1. The van der Waals surface area contributed by atoms with Crippen LogP contribution in [-0.2, 0) is 0 Å². The first kappa shape index (κ1) is 19.2. The molecule has 3 heterocycles. The monoisotopic (exact) mass is 412 g/mol. The minimum Gasteiger partial charge on any atom is -0.488 e. The molecule has 160 valence electrons. The molecule has 0 spiro atoms. The Labute approximate surface area is 176 Å². The van der Waals surface area contributed by atoms with Gasteiger partial charge in [-0.05, 0) is 43.7 Å². The van der Waals surface area contributed by atoms with Gasteiger partial charge in [-0.15, -0.1) is 0 Å². The number of nitrogens with zero attached hydrogens (tertiary/aromatic N) is 4. The maximum atomic E-state index is 10.7. The Hall–Kier alpha value is -2.74. The molecule has 0 bridgehead atoms. The van der Waals surface area contributed by atoms with Crippen LogP contribution in [0.5, 0.6) is 17.2 Å². The van der Waals surface area contributed by atoms with Crippen molar-refractivity contribution in [3.63, 3.8) is 0 Å². The fraction of sp³-hybridized carbons (Fsp3) is 0.545. The third-order valence-corrected chi connectivity index (χ3v) is 6.36. The van der Waals surface area contributed by atoms with Gasteiger partial charge in [0.15, 0.2) is 11.5 Å². The van der Waals surface area contributed by atoms with E-state index in [0.717, 1.165) is 49.0 Å². The number of benzene rings is 1. The quantitative estimate of drug-likeness (QED) is 0.819. The molecule has 1 saturated heterocycles. The highest BCUT2D eigenvalue weighted by Gasteiger charge is 2.43. The molecule has 3 aliphatic rings. The number of anilines is 2. The second kappa shape index (κ2) is 7.50. The number of hydrogen-bond acceptors (Lipinski definition) is 8. The van der Waals surface area contributed by atoms with Crippen LogP contribution in [0, 0.1) is 18.8 Å². The molecule has 5 rings (SSSR count). The predicted molar refractivity (Wildman–Crippen MR) is 113 cm³/mol. The zero-order valence-corrected chi connectivity index (χ0v) is 17.6. The SMILES string of the molecule is Cc1cnc(N2C[C@H]3C[C@@H](Oc4ccc5c(c4)OCO5)[C@H](O)C[C@H]3C2)nc1N(C)C. The summed E-state index contributed by atoms with van der Waals surface area (Å²) in [7, 11) is 3.99. The molecular weight excluding hydrogens is 384 g/mol. The molecule has 1 aliphatic carbocycles. The lowest BCUT2D eigenvalue weighted by Crippen LogP contribution is -2.42. The molecule has 1 aromatic carbocycles. The third-order valence-electron chi connectivity index (χ3n) is 6.36. The van der Waals surface area contributed by atoms with Crippen molar-refractivity contribution in [2.75, 3.05) is 43.8 Å².